The Bertz CT molecular complexity index is 451. The molecule has 2 heterocycles. The fraction of sp³-hybridized carbons (Fsp3) is 0.938. The van der Waals surface area contributed by atoms with Crippen LogP contribution >= 0.6 is 0 Å². The number of hydrogen-bond acceptors (Lipinski definition) is 4. The van der Waals surface area contributed by atoms with Crippen LogP contribution in [0.2, 0.25) is 0 Å². The smallest absolute Gasteiger partial charge is 0.166 e. The van der Waals surface area contributed by atoms with Gasteiger partial charge in [0.05, 0.1) is 11.1 Å². The Morgan fingerprint density at radius 3 is 2.85 bits per heavy atom. The lowest BCUT2D eigenvalue weighted by Gasteiger charge is -2.70. The standard InChI is InChI=1S/C16H25NO3/c1-10-8-12-14(19)13(18)11-4-2-6-17-7-3-5-16(12,20)15(11,17)9-10/h10-12,14,19-20H,2-9H2,1H3/t10-,11-,12+,14+,15+,16+/m1/s1. The lowest BCUT2D eigenvalue weighted by atomic mass is 9.45. The first-order chi connectivity index (χ1) is 9.50. The van der Waals surface area contributed by atoms with E-state index in [1.165, 1.54) is 0 Å². The van der Waals surface area contributed by atoms with Crippen LogP contribution in [-0.2, 0) is 4.79 Å². The van der Waals surface area contributed by atoms with Crippen LogP contribution in [0, 0.1) is 17.8 Å². The molecule has 6 atom stereocenters. The second-order valence-electron chi connectivity index (χ2n) is 7.63. The average Bonchev–Trinajstić information content (AvgIpc) is 2.42. The van der Waals surface area contributed by atoms with E-state index in [1.807, 2.05) is 0 Å². The molecule has 2 aliphatic carbocycles. The van der Waals surface area contributed by atoms with Crippen molar-refractivity contribution in [3.8, 4) is 0 Å². The molecule has 4 heteroatoms. The largest absolute Gasteiger partial charge is 0.388 e. The van der Waals surface area contributed by atoms with E-state index in [0.29, 0.717) is 5.92 Å². The first-order valence-electron chi connectivity index (χ1n) is 8.20. The van der Waals surface area contributed by atoms with Gasteiger partial charge in [-0.3, -0.25) is 9.69 Å². The predicted octanol–water partition coefficient (Wildman–Crippen LogP) is 0.952. The van der Waals surface area contributed by atoms with E-state index in [-0.39, 0.29) is 23.2 Å². The third-order valence-electron chi connectivity index (χ3n) is 6.74. The second kappa shape index (κ2) is 4.05. The Labute approximate surface area is 120 Å². The first kappa shape index (κ1) is 13.2. The van der Waals surface area contributed by atoms with Crippen LogP contribution in [0.3, 0.4) is 0 Å². The van der Waals surface area contributed by atoms with E-state index in [4.69, 9.17) is 0 Å². The van der Waals surface area contributed by atoms with Crippen molar-refractivity contribution in [3.05, 3.63) is 0 Å². The number of piperidine rings is 2. The molecule has 0 aromatic heterocycles. The minimum Gasteiger partial charge on any atom is -0.388 e. The van der Waals surface area contributed by atoms with E-state index in [2.05, 4.69) is 11.8 Å². The third-order valence-corrected chi connectivity index (χ3v) is 6.74. The van der Waals surface area contributed by atoms with Gasteiger partial charge in [0.2, 0.25) is 0 Å². The summed E-state index contributed by atoms with van der Waals surface area (Å²) in [4.78, 5) is 15.1. The molecular weight excluding hydrogens is 254 g/mol. The Balaban J connectivity index is 1.91. The molecule has 2 bridgehead atoms. The highest BCUT2D eigenvalue weighted by molar-refractivity contribution is 5.89. The van der Waals surface area contributed by atoms with Crippen molar-refractivity contribution in [2.45, 2.75) is 62.7 Å². The summed E-state index contributed by atoms with van der Waals surface area (Å²) in [6.07, 6.45) is 4.35. The van der Waals surface area contributed by atoms with Crippen molar-refractivity contribution >= 4 is 5.78 Å². The number of carbonyl (C=O) groups is 1. The molecule has 0 unspecified atom stereocenters. The van der Waals surface area contributed by atoms with E-state index >= 15 is 0 Å². The van der Waals surface area contributed by atoms with Gasteiger partial charge < -0.3 is 10.2 Å². The van der Waals surface area contributed by atoms with Gasteiger partial charge in [0.15, 0.2) is 5.78 Å². The van der Waals surface area contributed by atoms with Gasteiger partial charge in [0.25, 0.3) is 0 Å². The highest BCUT2D eigenvalue weighted by atomic mass is 16.3. The lowest BCUT2D eigenvalue weighted by molar-refractivity contribution is -0.267. The summed E-state index contributed by atoms with van der Waals surface area (Å²) >= 11 is 0. The number of Topliss-reactive ketones (excluding diaryl/α,β-unsaturated/α-hetero) is 1. The summed E-state index contributed by atoms with van der Waals surface area (Å²) in [5.74, 6) is 0.0776. The number of nitrogens with zero attached hydrogens (tertiary/aromatic N) is 1. The van der Waals surface area contributed by atoms with E-state index < -0.39 is 11.7 Å². The molecule has 4 fully saturated rings. The molecule has 2 saturated carbocycles. The highest BCUT2D eigenvalue weighted by Gasteiger charge is 2.72. The number of ketones is 1. The van der Waals surface area contributed by atoms with Crippen molar-refractivity contribution in [1.29, 1.82) is 0 Å². The van der Waals surface area contributed by atoms with Crippen LogP contribution in [0.25, 0.3) is 0 Å². The van der Waals surface area contributed by atoms with Crippen molar-refractivity contribution in [2.75, 3.05) is 13.1 Å². The molecule has 0 amide bonds. The molecule has 112 valence electrons. The highest BCUT2D eigenvalue weighted by Crippen LogP contribution is 2.61. The van der Waals surface area contributed by atoms with Crippen molar-refractivity contribution < 1.29 is 15.0 Å². The van der Waals surface area contributed by atoms with Crippen LogP contribution in [0.5, 0.6) is 0 Å². The molecule has 4 aliphatic rings. The number of aliphatic hydroxyl groups is 2. The summed E-state index contributed by atoms with van der Waals surface area (Å²) in [6, 6.07) is 0. The monoisotopic (exact) mass is 279 g/mol. The molecule has 2 N–H and O–H groups in total. The van der Waals surface area contributed by atoms with Gasteiger partial charge in [0, 0.05) is 11.8 Å². The van der Waals surface area contributed by atoms with E-state index in [9.17, 15) is 15.0 Å². The Hall–Kier alpha value is -0.450. The Morgan fingerprint density at radius 2 is 2.05 bits per heavy atom. The number of carbonyl (C=O) groups excluding carboxylic acids is 1. The van der Waals surface area contributed by atoms with Crippen LogP contribution in [0.1, 0.15) is 45.4 Å². The minimum absolute atomic E-state index is 0.0122. The van der Waals surface area contributed by atoms with Gasteiger partial charge in [-0.2, -0.15) is 0 Å². The summed E-state index contributed by atoms with van der Waals surface area (Å²) < 4.78 is 0. The van der Waals surface area contributed by atoms with Crippen LogP contribution < -0.4 is 0 Å². The third kappa shape index (κ3) is 1.31. The zero-order chi connectivity index (χ0) is 14.1. The predicted molar refractivity (Wildman–Crippen MR) is 74.1 cm³/mol. The van der Waals surface area contributed by atoms with Gasteiger partial charge >= 0.3 is 0 Å². The zero-order valence-electron chi connectivity index (χ0n) is 12.2. The first-order valence-corrected chi connectivity index (χ1v) is 8.20. The normalized spacial score (nSPS) is 55.5. The van der Waals surface area contributed by atoms with Crippen molar-refractivity contribution in [2.24, 2.45) is 17.8 Å². The summed E-state index contributed by atoms with van der Waals surface area (Å²) in [5.41, 5.74) is -1.22. The molecule has 0 aromatic rings. The summed E-state index contributed by atoms with van der Waals surface area (Å²) in [6.45, 7) is 4.21. The molecule has 20 heavy (non-hydrogen) atoms. The topological polar surface area (TPSA) is 60.8 Å². The molecule has 2 saturated heterocycles. The Kier molecular flexibility index (Phi) is 2.68. The van der Waals surface area contributed by atoms with E-state index in [1.54, 1.807) is 0 Å². The van der Waals surface area contributed by atoms with Gasteiger partial charge in [-0.1, -0.05) is 6.92 Å². The molecular formula is C16H25NO3. The molecule has 0 radical (unpaired) electrons. The quantitative estimate of drug-likeness (QED) is 0.693. The van der Waals surface area contributed by atoms with Crippen LogP contribution in [0.15, 0.2) is 0 Å². The maximum Gasteiger partial charge on any atom is 0.166 e. The van der Waals surface area contributed by atoms with Gasteiger partial charge in [0.1, 0.15) is 6.10 Å². The van der Waals surface area contributed by atoms with Gasteiger partial charge in [-0.05, 0) is 57.5 Å². The van der Waals surface area contributed by atoms with E-state index in [0.717, 1.165) is 51.6 Å². The second-order valence-corrected chi connectivity index (χ2v) is 7.63. The summed E-state index contributed by atoms with van der Waals surface area (Å²) in [7, 11) is 0. The average molecular weight is 279 g/mol. The number of hydrogen-bond donors (Lipinski definition) is 2. The maximum atomic E-state index is 12.7. The maximum absolute atomic E-state index is 12.7. The SMILES string of the molecule is C[C@@H]1C[C@H]2[C@H](O)C(=O)[C@H]3CCCN4CCC[C@@]2(O)[C@]34C1. The molecule has 0 aromatic carbocycles. The number of aliphatic hydroxyl groups excluding tert-OH is 1. The lowest BCUT2D eigenvalue weighted by Crippen LogP contribution is -2.82. The number of rotatable bonds is 0. The van der Waals surface area contributed by atoms with Crippen LogP contribution in [0.4, 0.5) is 0 Å². The molecule has 1 spiro atoms. The fourth-order valence-corrected chi connectivity index (χ4v) is 6.16. The minimum atomic E-state index is -0.945. The van der Waals surface area contributed by atoms with Gasteiger partial charge in [-0.25, -0.2) is 0 Å². The zero-order valence-corrected chi connectivity index (χ0v) is 12.2. The Morgan fingerprint density at radius 1 is 1.30 bits per heavy atom. The van der Waals surface area contributed by atoms with Gasteiger partial charge in [-0.15, -0.1) is 0 Å². The van der Waals surface area contributed by atoms with Crippen molar-refractivity contribution in [1.82, 2.24) is 4.90 Å². The van der Waals surface area contributed by atoms with Crippen LogP contribution in [-0.4, -0.2) is 51.2 Å². The molecule has 4 nitrogen and oxygen atoms in total. The molecule has 2 aliphatic heterocycles. The summed E-state index contributed by atoms with van der Waals surface area (Å²) in [5, 5.41) is 22.0. The van der Waals surface area contributed by atoms with Crippen molar-refractivity contribution in [3.63, 3.8) is 0 Å². The fourth-order valence-electron chi connectivity index (χ4n) is 6.16. The molecule has 4 rings (SSSR count).